The van der Waals surface area contributed by atoms with E-state index in [0.29, 0.717) is 55.2 Å². The number of hydrogen-bond acceptors (Lipinski definition) is 12. The molecular formula is C57H71F3O12. The van der Waals surface area contributed by atoms with Gasteiger partial charge in [0.25, 0.3) is 6.29 Å². The summed E-state index contributed by atoms with van der Waals surface area (Å²) in [5.74, 6) is -4.36. The van der Waals surface area contributed by atoms with Crippen molar-refractivity contribution in [1.82, 2.24) is 0 Å². The summed E-state index contributed by atoms with van der Waals surface area (Å²) >= 11 is 0. The zero-order valence-electron chi connectivity index (χ0n) is 41.5. The van der Waals surface area contributed by atoms with Crippen LogP contribution in [0.25, 0.3) is 16.7 Å². The van der Waals surface area contributed by atoms with E-state index in [-0.39, 0.29) is 68.8 Å². The van der Waals surface area contributed by atoms with Crippen molar-refractivity contribution in [1.29, 1.82) is 0 Å². The minimum Gasteiger partial charge on any atom is -0.465 e. The Morgan fingerprint density at radius 3 is 0.917 bits per heavy atom. The van der Waals surface area contributed by atoms with E-state index in [1.54, 1.807) is 0 Å². The molecular weight excluding hydrogens is 934 g/mol. The predicted octanol–water partition coefficient (Wildman–Crippen LogP) is 12.7. The number of unbranched alkanes of at least 4 members (excludes halogenated alkanes) is 15. The lowest BCUT2D eigenvalue weighted by Crippen LogP contribution is -2.26. The van der Waals surface area contributed by atoms with Gasteiger partial charge in [-0.3, -0.25) is 14.4 Å². The quantitative estimate of drug-likeness (QED) is 0.0176. The van der Waals surface area contributed by atoms with E-state index in [1.165, 1.54) is 72.8 Å². The first-order chi connectivity index (χ1) is 34.7. The highest BCUT2D eigenvalue weighted by molar-refractivity contribution is 6.16. The van der Waals surface area contributed by atoms with Crippen LogP contribution in [-0.2, 0) is 57.2 Å². The monoisotopic (exact) mass is 1000 g/mol. The molecule has 0 unspecified atom stereocenters. The molecule has 0 saturated heterocycles. The summed E-state index contributed by atoms with van der Waals surface area (Å²) in [5, 5.41) is 0. The highest BCUT2D eigenvalue weighted by Crippen LogP contribution is 2.19. The standard InChI is InChI=1S/C57H71F3O12/c1-42(45-25-31-48(58)32-26-45)55(64)68-38-19-13-7-4-10-16-22-51(61)67-41-37-54(71-52(62)23-17-11-5-8-14-20-39-69-56(65)43(2)46-27-33-49(59)34-28-46)72-53(63)24-18-12-6-9-15-21-40-70-57(66)44(3)47-29-35-50(60)36-30-47/h25-36,54H,1-24,37-41H2. The van der Waals surface area contributed by atoms with Crippen LogP contribution >= 0.6 is 0 Å². The normalized spacial score (nSPS) is 10.8. The van der Waals surface area contributed by atoms with Crippen molar-refractivity contribution in [3.05, 3.63) is 127 Å². The van der Waals surface area contributed by atoms with Crippen molar-refractivity contribution in [3.8, 4) is 0 Å². The van der Waals surface area contributed by atoms with E-state index in [0.717, 1.165) is 77.0 Å². The maximum Gasteiger partial charge on any atom is 0.338 e. The molecule has 3 aromatic carbocycles. The lowest BCUT2D eigenvalue weighted by molar-refractivity contribution is -0.191. The second-order valence-corrected chi connectivity index (χ2v) is 17.4. The summed E-state index contributed by atoms with van der Waals surface area (Å²) in [4.78, 5) is 74.9. The van der Waals surface area contributed by atoms with E-state index in [1.807, 2.05) is 0 Å². The van der Waals surface area contributed by atoms with E-state index in [2.05, 4.69) is 19.7 Å². The molecule has 0 heterocycles. The third-order valence-corrected chi connectivity index (χ3v) is 11.5. The molecule has 0 N–H and O–H groups in total. The van der Waals surface area contributed by atoms with E-state index < -0.39 is 59.6 Å². The fourth-order valence-corrected chi connectivity index (χ4v) is 7.19. The van der Waals surface area contributed by atoms with Crippen LogP contribution in [0.15, 0.2) is 92.5 Å². The molecule has 3 aromatic rings. The van der Waals surface area contributed by atoms with Gasteiger partial charge in [0.15, 0.2) is 0 Å². The fourth-order valence-electron chi connectivity index (χ4n) is 7.19. The van der Waals surface area contributed by atoms with E-state index >= 15 is 0 Å². The maximum atomic E-state index is 13.2. The topological polar surface area (TPSA) is 158 Å². The summed E-state index contributed by atoms with van der Waals surface area (Å²) in [7, 11) is 0. The Bertz CT molecular complexity index is 2070. The number of rotatable bonds is 38. The van der Waals surface area contributed by atoms with Gasteiger partial charge >= 0.3 is 35.8 Å². The van der Waals surface area contributed by atoms with Crippen molar-refractivity contribution >= 4 is 52.5 Å². The van der Waals surface area contributed by atoms with E-state index in [9.17, 15) is 41.9 Å². The molecule has 0 amide bonds. The van der Waals surface area contributed by atoms with Crippen molar-refractivity contribution in [2.24, 2.45) is 0 Å². The highest BCUT2D eigenvalue weighted by atomic mass is 19.1. The Kier molecular flexibility index (Phi) is 29.5. The average Bonchev–Trinajstić information content (AvgIpc) is 3.36. The number of ether oxygens (including phenoxy) is 6. The van der Waals surface area contributed by atoms with Gasteiger partial charge in [-0.05, 0) is 91.6 Å². The maximum absolute atomic E-state index is 13.2. The summed E-state index contributed by atoms with van der Waals surface area (Å²) in [5.41, 5.74) is 1.98. The summed E-state index contributed by atoms with van der Waals surface area (Å²) < 4.78 is 71.8. The Hall–Kier alpha value is -6.51. The highest BCUT2D eigenvalue weighted by Gasteiger charge is 2.20. The van der Waals surface area contributed by atoms with Crippen LogP contribution in [0.4, 0.5) is 13.2 Å². The van der Waals surface area contributed by atoms with Gasteiger partial charge in [0.05, 0.1) is 49.6 Å². The summed E-state index contributed by atoms with van der Waals surface area (Å²) in [6.07, 6.45) is 12.8. The van der Waals surface area contributed by atoms with E-state index in [4.69, 9.17) is 28.4 Å². The SMILES string of the molecule is C=C(C(=O)OCCCCCCCCC(=O)OCCC(OC(=O)CCCCCCCCOC(=O)C(=C)c1ccc(F)cc1)OC(=O)CCCCCCCCOC(=O)C(=C)c1ccc(F)cc1)c1ccc(F)cc1. The van der Waals surface area contributed by atoms with Crippen LogP contribution in [-0.4, -0.2) is 68.5 Å². The number of carbonyl (C=O) groups excluding carboxylic acids is 6. The molecule has 15 heteroatoms. The van der Waals surface area contributed by atoms with Gasteiger partial charge < -0.3 is 28.4 Å². The zero-order chi connectivity index (χ0) is 52.4. The Morgan fingerprint density at radius 2 is 0.611 bits per heavy atom. The van der Waals surface area contributed by atoms with Crippen LogP contribution in [0, 0.1) is 17.5 Å². The smallest absolute Gasteiger partial charge is 0.338 e. The van der Waals surface area contributed by atoms with Crippen molar-refractivity contribution in [3.63, 3.8) is 0 Å². The minimum atomic E-state index is -1.22. The van der Waals surface area contributed by atoms with Crippen molar-refractivity contribution < 1.29 is 70.4 Å². The molecule has 0 radical (unpaired) electrons. The first-order valence-corrected chi connectivity index (χ1v) is 25.1. The number of hydrogen-bond donors (Lipinski definition) is 0. The second-order valence-electron chi connectivity index (χ2n) is 17.4. The molecule has 0 aliphatic carbocycles. The molecule has 0 aliphatic rings. The molecule has 0 atom stereocenters. The predicted molar refractivity (Wildman–Crippen MR) is 268 cm³/mol. The van der Waals surface area contributed by atoms with Crippen LogP contribution in [0.3, 0.4) is 0 Å². The lowest BCUT2D eigenvalue weighted by atomic mass is 10.1. The van der Waals surface area contributed by atoms with Gasteiger partial charge in [0, 0.05) is 19.3 Å². The number of esters is 6. The number of benzene rings is 3. The van der Waals surface area contributed by atoms with Crippen LogP contribution in [0.1, 0.15) is 158 Å². The first kappa shape index (κ1) is 59.8. The molecule has 72 heavy (non-hydrogen) atoms. The Labute approximate surface area is 422 Å². The molecule has 12 nitrogen and oxygen atoms in total. The second kappa shape index (κ2) is 35.6. The van der Waals surface area contributed by atoms with Gasteiger partial charge in [-0.1, -0.05) is 133 Å². The van der Waals surface area contributed by atoms with Gasteiger partial charge in [0.2, 0.25) is 0 Å². The summed E-state index contributed by atoms with van der Waals surface area (Å²) in [6.45, 7) is 11.8. The van der Waals surface area contributed by atoms with Gasteiger partial charge in [-0.15, -0.1) is 0 Å². The zero-order valence-corrected chi connectivity index (χ0v) is 41.5. The van der Waals surface area contributed by atoms with Crippen molar-refractivity contribution in [2.75, 3.05) is 26.4 Å². The first-order valence-electron chi connectivity index (χ1n) is 25.1. The number of carbonyl (C=O) groups is 6. The molecule has 0 aromatic heterocycles. The molecule has 0 saturated carbocycles. The van der Waals surface area contributed by atoms with Crippen molar-refractivity contribution in [2.45, 2.75) is 148 Å². The number of halogens is 3. The van der Waals surface area contributed by atoms with Gasteiger partial charge in [-0.25, -0.2) is 27.6 Å². The molecule has 0 bridgehead atoms. The van der Waals surface area contributed by atoms with Gasteiger partial charge in [0.1, 0.15) is 17.5 Å². The molecule has 0 aliphatic heterocycles. The fraction of sp³-hybridized carbons (Fsp3) is 0.474. The molecule has 0 fully saturated rings. The summed E-state index contributed by atoms with van der Waals surface area (Å²) in [6, 6.07) is 16.4. The van der Waals surface area contributed by atoms with Crippen LogP contribution in [0.2, 0.25) is 0 Å². The molecule has 392 valence electrons. The third-order valence-electron chi connectivity index (χ3n) is 11.5. The Balaban J connectivity index is 1.29. The average molecular weight is 1010 g/mol. The minimum absolute atomic E-state index is 0.0192. The molecule has 3 rings (SSSR count). The van der Waals surface area contributed by atoms with Crippen LogP contribution in [0.5, 0.6) is 0 Å². The van der Waals surface area contributed by atoms with Crippen LogP contribution < -0.4 is 0 Å². The largest absolute Gasteiger partial charge is 0.465 e. The van der Waals surface area contributed by atoms with Gasteiger partial charge in [-0.2, -0.15) is 0 Å². The Morgan fingerprint density at radius 1 is 0.347 bits per heavy atom. The lowest BCUT2D eigenvalue weighted by Gasteiger charge is -2.18. The molecule has 0 spiro atoms. The third kappa shape index (κ3) is 26.1.